The van der Waals surface area contributed by atoms with Crippen molar-refractivity contribution >= 4 is 0 Å². The van der Waals surface area contributed by atoms with E-state index in [9.17, 15) is 0 Å². The lowest BCUT2D eigenvalue weighted by Gasteiger charge is -2.44. The summed E-state index contributed by atoms with van der Waals surface area (Å²) in [6, 6.07) is 0. The lowest BCUT2D eigenvalue weighted by atomic mass is 9.71. The molecule has 0 aromatic rings. The summed E-state index contributed by atoms with van der Waals surface area (Å²) in [6.45, 7) is 16.1. The van der Waals surface area contributed by atoms with Crippen molar-refractivity contribution < 1.29 is 0 Å². The Morgan fingerprint density at radius 1 is 1.12 bits per heavy atom. The van der Waals surface area contributed by atoms with Crippen LogP contribution in [0, 0.1) is 16.7 Å². The Hall–Kier alpha value is -0.0800. The topological polar surface area (TPSA) is 15.3 Å². The molecule has 0 saturated carbocycles. The van der Waals surface area contributed by atoms with Crippen LogP contribution in [0.2, 0.25) is 0 Å². The lowest BCUT2D eigenvalue weighted by Crippen LogP contribution is -2.45. The Morgan fingerprint density at radius 2 is 1.76 bits per heavy atom. The second-order valence-corrected chi connectivity index (χ2v) is 7.32. The molecular formula is C15H30N2. The Balaban J connectivity index is 1.83. The highest BCUT2D eigenvalue weighted by atomic mass is 15.1. The van der Waals surface area contributed by atoms with Gasteiger partial charge in [0.15, 0.2) is 0 Å². The molecule has 17 heavy (non-hydrogen) atoms. The molecule has 0 aromatic carbocycles. The number of nitrogens with zero attached hydrogens (tertiary/aromatic N) is 1. The zero-order valence-corrected chi connectivity index (χ0v) is 12.2. The maximum atomic E-state index is 3.51. The van der Waals surface area contributed by atoms with E-state index in [0.29, 0.717) is 10.8 Å². The maximum Gasteiger partial charge on any atom is 0.00480 e. The van der Waals surface area contributed by atoms with Gasteiger partial charge < -0.3 is 10.2 Å². The van der Waals surface area contributed by atoms with E-state index in [1.165, 1.54) is 52.0 Å². The van der Waals surface area contributed by atoms with Gasteiger partial charge in [-0.15, -0.1) is 0 Å². The molecule has 0 radical (unpaired) electrons. The molecule has 0 amide bonds. The molecule has 1 atom stereocenters. The minimum absolute atomic E-state index is 0.533. The number of piperidine rings is 1. The molecule has 2 aliphatic heterocycles. The number of likely N-dealkylation sites (tertiary alicyclic amines) is 1. The molecule has 2 heteroatoms. The monoisotopic (exact) mass is 238 g/mol. The van der Waals surface area contributed by atoms with Gasteiger partial charge in [-0.3, -0.25) is 0 Å². The number of rotatable bonds is 3. The van der Waals surface area contributed by atoms with E-state index in [0.717, 1.165) is 5.92 Å². The molecule has 2 rings (SSSR count). The van der Waals surface area contributed by atoms with Crippen molar-refractivity contribution in [3.63, 3.8) is 0 Å². The van der Waals surface area contributed by atoms with Crippen LogP contribution < -0.4 is 5.32 Å². The minimum Gasteiger partial charge on any atom is -0.316 e. The third-order valence-corrected chi connectivity index (χ3v) is 5.45. The van der Waals surface area contributed by atoms with Crippen LogP contribution in [-0.2, 0) is 0 Å². The molecule has 2 heterocycles. The summed E-state index contributed by atoms with van der Waals surface area (Å²) in [5, 5.41) is 3.51. The summed E-state index contributed by atoms with van der Waals surface area (Å²) in [5.74, 6) is 0.827. The van der Waals surface area contributed by atoms with Crippen molar-refractivity contribution in [3.8, 4) is 0 Å². The lowest BCUT2D eigenvalue weighted by molar-refractivity contribution is 0.0565. The molecule has 100 valence electrons. The molecule has 2 aliphatic rings. The summed E-state index contributed by atoms with van der Waals surface area (Å²) in [4.78, 5) is 2.71. The molecule has 0 bridgehead atoms. The van der Waals surface area contributed by atoms with E-state index in [2.05, 4.69) is 37.9 Å². The maximum absolute atomic E-state index is 3.51. The molecule has 2 nitrogen and oxygen atoms in total. The van der Waals surface area contributed by atoms with E-state index >= 15 is 0 Å². The second kappa shape index (κ2) is 4.89. The average Bonchev–Trinajstić information content (AvgIpc) is 2.69. The molecular weight excluding hydrogens is 208 g/mol. The Labute approximate surface area is 107 Å². The van der Waals surface area contributed by atoms with Crippen LogP contribution in [0.25, 0.3) is 0 Å². The van der Waals surface area contributed by atoms with Gasteiger partial charge in [0.2, 0.25) is 0 Å². The zero-order chi connectivity index (χ0) is 12.5. The van der Waals surface area contributed by atoms with Crippen molar-refractivity contribution in [2.75, 3.05) is 32.7 Å². The molecule has 2 fully saturated rings. The first-order valence-electron chi connectivity index (χ1n) is 7.37. The fourth-order valence-electron chi connectivity index (χ4n) is 3.34. The third kappa shape index (κ3) is 3.03. The molecule has 0 spiro atoms. The molecule has 0 aliphatic carbocycles. The van der Waals surface area contributed by atoms with E-state index in [4.69, 9.17) is 0 Å². The third-order valence-electron chi connectivity index (χ3n) is 5.45. The quantitative estimate of drug-likeness (QED) is 0.813. The van der Waals surface area contributed by atoms with E-state index < -0.39 is 0 Å². The number of hydrogen-bond acceptors (Lipinski definition) is 2. The van der Waals surface area contributed by atoms with Crippen molar-refractivity contribution in [2.45, 2.75) is 47.0 Å². The first-order valence-corrected chi connectivity index (χ1v) is 7.37. The molecule has 1 unspecified atom stereocenters. The van der Waals surface area contributed by atoms with Crippen LogP contribution in [0.5, 0.6) is 0 Å². The largest absolute Gasteiger partial charge is 0.316 e. The van der Waals surface area contributed by atoms with Crippen LogP contribution in [0.1, 0.15) is 47.0 Å². The average molecular weight is 238 g/mol. The van der Waals surface area contributed by atoms with Crippen molar-refractivity contribution in [1.29, 1.82) is 0 Å². The van der Waals surface area contributed by atoms with Crippen molar-refractivity contribution in [3.05, 3.63) is 0 Å². The summed E-state index contributed by atoms with van der Waals surface area (Å²) < 4.78 is 0. The van der Waals surface area contributed by atoms with Gasteiger partial charge in [0.1, 0.15) is 0 Å². The van der Waals surface area contributed by atoms with Crippen LogP contribution >= 0.6 is 0 Å². The first-order chi connectivity index (χ1) is 7.94. The Kier molecular flexibility index (Phi) is 3.84. The van der Waals surface area contributed by atoms with Gasteiger partial charge in [-0.05, 0) is 55.6 Å². The van der Waals surface area contributed by atoms with Gasteiger partial charge in [-0.25, -0.2) is 0 Å². The van der Waals surface area contributed by atoms with E-state index in [1.54, 1.807) is 0 Å². The first kappa shape index (κ1) is 13.4. The van der Waals surface area contributed by atoms with E-state index in [-0.39, 0.29) is 0 Å². The summed E-state index contributed by atoms with van der Waals surface area (Å²) in [7, 11) is 0. The molecule has 0 aromatic heterocycles. The smallest absolute Gasteiger partial charge is 0.00480 e. The SMILES string of the molecule is CC(C)C1(C)CCN(CC2(C)CCNC2)CC1. The van der Waals surface area contributed by atoms with Crippen molar-refractivity contribution in [1.82, 2.24) is 10.2 Å². The van der Waals surface area contributed by atoms with E-state index in [1.807, 2.05) is 0 Å². The Bertz CT molecular complexity index is 246. The minimum atomic E-state index is 0.533. The standard InChI is InChI=1S/C15H30N2/c1-13(2)15(4)6-9-17(10-7-15)12-14(3)5-8-16-11-14/h13,16H,5-12H2,1-4H3. The predicted molar refractivity (Wildman–Crippen MR) is 74.2 cm³/mol. The normalized spacial score (nSPS) is 34.4. The van der Waals surface area contributed by atoms with Crippen LogP contribution in [-0.4, -0.2) is 37.6 Å². The van der Waals surface area contributed by atoms with Crippen LogP contribution in [0.4, 0.5) is 0 Å². The summed E-state index contributed by atoms with van der Waals surface area (Å²) in [5.41, 5.74) is 1.12. The highest BCUT2D eigenvalue weighted by molar-refractivity contribution is 4.90. The highest BCUT2D eigenvalue weighted by Crippen LogP contribution is 2.39. The highest BCUT2D eigenvalue weighted by Gasteiger charge is 2.36. The second-order valence-electron chi connectivity index (χ2n) is 7.32. The van der Waals surface area contributed by atoms with Gasteiger partial charge in [0.25, 0.3) is 0 Å². The Morgan fingerprint density at radius 3 is 2.24 bits per heavy atom. The number of hydrogen-bond donors (Lipinski definition) is 1. The van der Waals surface area contributed by atoms with Crippen LogP contribution in [0.15, 0.2) is 0 Å². The number of nitrogens with one attached hydrogen (secondary N) is 1. The predicted octanol–water partition coefficient (Wildman–Crippen LogP) is 2.74. The zero-order valence-electron chi connectivity index (χ0n) is 12.2. The fourth-order valence-corrected chi connectivity index (χ4v) is 3.34. The fraction of sp³-hybridized carbons (Fsp3) is 1.00. The van der Waals surface area contributed by atoms with Gasteiger partial charge >= 0.3 is 0 Å². The van der Waals surface area contributed by atoms with Crippen molar-refractivity contribution in [2.24, 2.45) is 16.7 Å². The summed E-state index contributed by atoms with van der Waals surface area (Å²) >= 11 is 0. The van der Waals surface area contributed by atoms with Gasteiger partial charge in [0, 0.05) is 13.1 Å². The summed E-state index contributed by atoms with van der Waals surface area (Å²) in [6.07, 6.45) is 4.12. The molecule has 2 saturated heterocycles. The molecule has 1 N–H and O–H groups in total. The van der Waals surface area contributed by atoms with Crippen LogP contribution in [0.3, 0.4) is 0 Å². The van der Waals surface area contributed by atoms with Gasteiger partial charge in [-0.1, -0.05) is 27.7 Å². The van der Waals surface area contributed by atoms with Gasteiger partial charge in [0.05, 0.1) is 0 Å². The van der Waals surface area contributed by atoms with Gasteiger partial charge in [-0.2, -0.15) is 0 Å².